The van der Waals surface area contributed by atoms with Crippen LogP contribution in [0.4, 0.5) is 4.39 Å². The van der Waals surface area contributed by atoms with Crippen LogP contribution < -0.4 is 10.9 Å². The van der Waals surface area contributed by atoms with Gasteiger partial charge in [-0.2, -0.15) is 0 Å². The molecule has 3 rings (SSSR count). The fourth-order valence-electron chi connectivity index (χ4n) is 3.19. The topological polar surface area (TPSA) is 99.3 Å². The van der Waals surface area contributed by atoms with Crippen LogP contribution in [0.3, 0.4) is 0 Å². The van der Waals surface area contributed by atoms with Gasteiger partial charge in [-0.3, -0.25) is 9.59 Å². The molecule has 0 fully saturated rings. The first kappa shape index (κ1) is 17.8. The van der Waals surface area contributed by atoms with Gasteiger partial charge in [0.25, 0.3) is 11.5 Å². The second-order valence-corrected chi connectivity index (χ2v) is 6.48. The van der Waals surface area contributed by atoms with Crippen LogP contribution in [0.2, 0.25) is 0 Å². The first-order valence-corrected chi connectivity index (χ1v) is 8.41. The summed E-state index contributed by atoms with van der Waals surface area (Å²) in [5.74, 6) is -2.52. The number of rotatable bonds is 4. The van der Waals surface area contributed by atoms with Crippen molar-refractivity contribution in [3.63, 3.8) is 0 Å². The fourth-order valence-corrected chi connectivity index (χ4v) is 3.19. The van der Waals surface area contributed by atoms with Gasteiger partial charge in [-0.15, -0.1) is 0 Å². The number of aromatic amines is 1. The van der Waals surface area contributed by atoms with E-state index in [0.717, 1.165) is 43.0 Å². The zero-order chi connectivity index (χ0) is 18.8. The summed E-state index contributed by atoms with van der Waals surface area (Å²) in [5.41, 5.74) is 1.60. The van der Waals surface area contributed by atoms with Gasteiger partial charge >= 0.3 is 5.97 Å². The number of H-pyrrole nitrogens is 1. The number of fused-ring (bicyclic) bond motifs is 1. The second kappa shape index (κ2) is 7.11. The van der Waals surface area contributed by atoms with Crippen molar-refractivity contribution >= 4 is 11.9 Å². The lowest BCUT2D eigenvalue weighted by Gasteiger charge is -2.18. The molecule has 26 heavy (non-hydrogen) atoms. The first-order valence-electron chi connectivity index (χ1n) is 8.41. The third kappa shape index (κ3) is 3.51. The zero-order valence-electron chi connectivity index (χ0n) is 14.3. The Bertz CT molecular complexity index is 936. The standard InChI is InChI=1S/C19H19FN2O4/c1-10-8-12(6-7-14(10)20)16(19(25)26)22-18(24)13-9-11-4-2-3-5-15(11)21-17(13)23/h6-9,16H,2-5H2,1H3,(H,21,23)(H,22,24)(H,25,26). The highest BCUT2D eigenvalue weighted by molar-refractivity contribution is 5.96. The van der Waals surface area contributed by atoms with Crippen molar-refractivity contribution in [2.24, 2.45) is 0 Å². The molecule has 0 bridgehead atoms. The van der Waals surface area contributed by atoms with Crippen LogP contribution in [0.1, 0.15) is 51.6 Å². The predicted octanol–water partition coefficient (Wildman–Crippen LogP) is 2.26. The molecule has 0 saturated carbocycles. The van der Waals surface area contributed by atoms with Crippen molar-refractivity contribution < 1.29 is 19.1 Å². The predicted molar refractivity (Wildman–Crippen MR) is 92.7 cm³/mol. The number of carbonyl (C=O) groups is 2. The molecule has 1 aliphatic carbocycles. The lowest BCUT2D eigenvalue weighted by Crippen LogP contribution is -2.37. The van der Waals surface area contributed by atoms with Gasteiger partial charge in [0, 0.05) is 5.69 Å². The third-order valence-electron chi connectivity index (χ3n) is 4.62. The number of carboxylic acids is 1. The van der Waals surface area contributed by atoms with Crippen LogP contribution in [-0.2, 0) is 17.6 Å². The summed E-state index contributed by atoms with van der Waals surface area (Å²) in [6.07, 6.45) is 3.50. The van der Waals surface area contributed by atoms with Crippen molar-refractivity contribution in [3.05, 3.63) is 68.4 Å². The van der Waals surface area contributed by atoms with Gasteiger partial charge < -0.3 is 15.4 Å². The quantitative estimate of drug-likeness (QED) is 0.781. The molecule has 0 spiro atoms. The second-order valence-electron chi connectivity index (χ2n) is 6.48. The number of hydrogen-bond donors (Lipinski definition) is 3. The number of aryl methyl sites for hydroxylation is 3. The normalized spacial score (nSPS) is 14.4. The Labute approximate surface area is 149 Å². The summed E-state index contributed by atoms with van der Waals surface area (Å²) < 4.78 is 13.4. The van der Waals surface area contributed by atoms with E-state index in [1.807, 2.05) is 0 Å². The molecule has 1 aromatic heterocycles. The molecular weight excluding hydrogens is 339 g/mol. The SMILES string of the molecule is Cc1cc(C(NC(=O)c2cc3c([nH]c2=O)CCCC3)C(=O)O)ccc1F. The average Bonchev–Trinajstić information content (AvgIpc) is 2.61. The van der Waals surface area contributed by atoms with E-state index in [1.165, 1.54) is 25.1 Å². The maximum Gasteiger partial charge on any atom is 0.330 e. The van der Waals surface area contributed by atoms with Gasteiger partial charge in [-0.1, -0.05) is 12.1 Å². The van der Waals surface area contributed by atoms with Gasteiger partial charge in [0.2, 0.25) is 0 Å². The number of aliphatic carboxylic acids is 1. The largest absolute Gasteiger partial charge is 0.479 e. The van der Waals surface area contributed by atoms with Crippen LogP contribution in [0.15, 0.2) is 29.1 Å². The van der Waals surface area contributed by atoms with Crippen molar-refractivity contribution in [3.8, 4) is 0 Å². The van der Waals surface area contributed by atoms with Crippen LogP contribution in [-0.4, -0.2) is 22.0 Å². The van der Waals surface area contributed by atoms with E-state index in [1.54, 1.807) is 0 Å². The fraction of sp³-hybridized carbons (Fsp3) is 0.316. The van der Waals surface area contributed by atoms with E-state index >= 15 is 0 Å². The number of hydrogen-bond acceptors (Lipinski definition) is 3. The molecule has 1 unspecified atom stereocenters. The molecule has 6 nitrogen and oxygen atoms in total. The van der Waals surface area contributed by atoms with Crippen molar-refractivity contribution in [1.82, 2.24) is 10.3 Å². The van der Waals surface area contributed by atoms with E-state index in [9.17, 15) is 23.9 Å². The number of aromatic nitrogens is 1. The molecule has 1 amide bonds. The number of nitrogens with one attached hydrogen (secondary N) is 2. The van der Waals surface area contributed by atoms with Gasteiger partial charge in [0.15, 0.2) is 6.04 Å². The van der Waals surface area contributed by atoms with E-state index in [2.05, 4.69) is 10.3 Å². The lowest BCUT2D eigenvalue weighted by atomic mass is 9.95. The number of amides is 1. The molecule has 1 aliphatic rings. The number of pyridine rings is 1. The highest BCUT2D eigenvalue weighted by atomic mass is 19.1. The third-order valence-corrected chi connectivity index (χ3v) is 4.62. The van der Waals surface area contributed by atoms with Crippen LogP contribution in [0.5, 0.6) is 0 Å². The van der Waals surface area contributed by atoms with E-state index < -0.39 is 29.3 Å². The Morgan fingerprint density at radius 3 is 2.65 bits per heavy atom. The smallest absolute Gasteiger partial charge is 0.330 e. The summed E-state index contributed by atoms with van der Waals surface area (Å²) in [5, 5.41) is 11.8. The van der Waals surface area contributed by atoms with Crippen LogP contribution in [0.25, 0.3) is 0 Å². The molecule has 0 aliphatic heterocycles. The van der Waals surface area contributed by atoms with Crippen LogP contribution >= 0.6 is 0 Å². The molecule has 0 saturated heterocycles. The molecule has 1 atom stereocenters. The van der Waals surface area contributed by atoms with Crippen molar-refractivity contribution in [1.29, 1.82) is 0 Å². The molecule has 2 aromatic rings. The highest BCUT2D eigenvalue weighted by Gasteiger charge is 2.25. The minimum Gasteiger partial charge on any atom is -0.479 e. The van der Waals surface area contributed by atoms with Gasteiger partial charge in [-0.05, 0) is 61.4 Å². The minimum atomic E-state index is -1.38. The highest BCUT2D eigenvalue weighted by Crippen LogP contribution is 2.20. The Morgan fingerprint density at radius 1 is 1.23 bits per heavy atom. The molecular formula is C19H19FN2O4. The van der Waals surface area contributed by atoms with E-state index in [0.29, 0.717) is 0 Å². The molecule has 136 valence electrons. The minimum absolute atomic E-state index is 0.115. The summed E-state index contributed by atoms with van der Waals surface area (Å²) in [6, 6.07) is 3.98. The lowest BCUT2D eigenvalue weighted by molar-refractivity contribution is -0.139. The Hall–Kier alpha value is -2.96. The maximum absolute atomic E-state index is 13.4. The first-order chi connectivity index (χ1) is 12.4. The van der Waals surface area contributed by atoms with E-state index in [-0.39, 0.29) is 16.7 Å². The van der Waals surface area contributed by atoms with Crippen LogP contribution in [0, 0.1) is 12.7 Å². The number of carbonyl (C=O) groups excluding carboxylic acids is 1. The van der Waals surface area contributed by atoms with Gasteiger partial charge in [0.05, 0.1) is 0 Å². The zero-order valence-corrected chi connectivity index (χ0v) is 14.3. The van der Waals surface area contributed by atoms with Crippen molar-refractivity contribution in [2.75, 3.05) is 0 Å². The molecule has 7 heteroatoms. The average molecular weight is 358 g/mol. The summed E-state index contributed by atoms with van der Waals surface area (Å²) in [6.45, 7) is 1.51. The van der Waals surface area contributed by atoms with Gasteiger partial charge in [-0.25, -0.2) is 9.18 Å². The molecule has 3 N–H and O–H groups in total. The summed E-state index contributed by atoms with van der Waals surface area (Å²) >= 11 is 0. The Morgan fingerprint density at radius 2 is 1.96 bits per heavy atom. The number of halogens is 1. The Balaban J connectivity index is 1.90. The van der Waals surface area contributed by atoms with Crippen molar-refractivity contribution in [2.45, 2.75) is 38.6 Å². The molecule has 0 radical (unpaired) electrons. The maximum atomic E-state index is 13.4. The summed E-state index contributed by atoms with van der Waals surface area (Å²) in [4.78, 5) is 39.0. The Kier molecular flexibility index (Phi) is 4.88. The summed E-state index contributed by atoms with van der Waals surface area (Å²) in [7, 11) is 0. The van der Waals surface area contributed by atoms with E-state index in [4.69, 9.17) is 0 Å². The monoisotopic (exact) mass is 358 g/mol. The number of carboxylic acid groups (broad SMARTS) is 1. The number of benzene rings is 1. The molecule has 1 heterocycles. The van der Waals surface area contributed by atoms with Gasteiger partial charge in [0.1, 0.15) is 11.4 Å². The molecule has 1 aromatic carbocycles.